The molecule has 1 saturated heterocycles. The highest BCUT2D eigenvalue weighted by Gasteiger charge is 2.36. The Morgan fingerprint density at radius 2 is 1.87 bits per heavy atom. The topological polar surface area (TPSA) is 77.5 Å². The molecule has 0 amide bonds. The number of allylic oxidation sites excluding steroid dienone is 1. The highest BCUT2D eigenvalue weighted by molar-refractivity contribution is 7.98. The fourth-order valence-electron chi connectivity index (χ4n) is 2.49. The number of hydrogen-bond donors (Lipinski definition) is 0. The van der Waals surface area contributed by atoms with E-state index in [0.29, 0.717) is 19.4 Å². The van der Waals surface area contributed by atoms with Gasteiger partial charge in [0.25, 0.3) is 0 Å². The van der Waals surface area contributed by atoms with Crippen molar-refractivity contribution in [2.75, 3.05) is 23.9 Å². The van der Waals surface area contributed by atoms with Crippen LogP contribution in [0, 0.1) is 0 Å². The summed E-state index contributed by atoms with van der Waals surface area (Å²) in [5.41, 5.74) is 2.05. The number of ether oxygens (including phenoxy) is 1. The Balaban J connectivity index is 1.81. The fraction of sp³-hybridized carbons (Fsp3) is 0.500. The molecule has 1 aromatic carbocycles. The monoisotopic (exact) mass is 358 g/mol. The summed E-state index contributed by atoms with van der Waals surface area (Å²) in [6, 6.07) is 9.79. The van der Waals surface area contributed by atoms with Crippen molar-refractivity contribution in [3.63, 3.8) is 0 Å². The first-order valence-electron chi connectivity index (χ1n) is 7.56. The number of hydrogen-bond acceptors (Lipinski definition) is 5. The molecular weight excluding hydrogens is 336 g/mol. The van der Waals surface area contributed by atoms with Crippen LogP contribution in [0.5, 0.6) is 0 Å². The molecule has 128 valence electrons. The van der Waals surface area contributed by atoms with Crippen LogP contribution in [0.25, 0.3) is 5.57 Å². The summed E-state index contributed by atoms with van der Waals surface area (Å²) in [6.45, 7) is 2.31. The number of benzene rings is 1. The van der Waals surface area contributed by atoms with E-state index in [0.717, 1.165) is 11.1 Å². The Morgan fingerprint density at radius 3 is 2.57 bits per heavy atom. The molecule has 1 atom stereocenters. The van der Waals surface area contributed by atoms with E-state index in [2.05, 4.69) is 0 Å². The molecular formula is C16H22O5S2. The Labute approximate surface area is 138 Å². The van der Waals surface area contributed by atoms with Crippen molar-refractivity contribution in [1.29, 1.82) is 0 Å². The second kappa shape index (κ2) is 7.49. The van der Waals surface area contributed by atoms with Gasteiger partial charge in [-0.25, -0.2) is 16.8 Å². The van der Waals surface area contributed by atoms with Gasteiger partial charge in [-0.05, 0) is 30.9 Å². The van der Waals surface area contributed by atoms with E-state index in [1.54, 1.807) is 6.26 Å². The molecule has 0 aromatic heterocycles. The molecule has 1 heterocycles. The van der Waals surface area contributed by atoms with Crippen LogP contribution >= 0.6 is 0 Å². The predicted octanol–water partition coefficient (Wildman–Crippen LogP) is 2.06. The van der Waals surface area contributed by atoms with Crippen molar-refractivity contribution in [3.05, 3.63) is 42.2 Å². The minimum atomic E-state index is -3.29. The van der Waals surface area contributed by atoms with Gasteiger partial charge in [-0.3, -0.25) is 0 Å². The quantitative estimate of drug-likeness (QED) is 0.574. The Kier molecular flexibility index (Phi) is 5.86. The van der Waals surface area contributed by atoms with Crippen LogP contribution in [0.4, 0.5) is 0 Å². The first kappa shape index (κ1) is 18.0. The summed E-state index contributed by atoms with van der Waals surface area (Å²) in [7, 11) is -6.52. The summed E-state index contributed by atoms with van der Waals surface area (Å²) in [4.78, 5) is 0. The lowest BCUT2D eigenvalue weighted by Gasteiger charge is -2.22. The summed E-state index contributed by atoms with van der Waals surface area (Å²) >= 11 is 0. The summed E-state index contributed by atoms with van der Waals surface area (Å²) in [5, 5.41) is -0.788. The van der Waals surface area contributed by atoms with Gasteiger partial charge in [0.05, 0.1) is 35.4 Å². The zero-order chi connectivity index (χ0) is 16.9. The van der Waals surface area contributed by atoms with Crippen LogP contribution in [0.2, 0.25) is 0 Å². The Bertz CT molecular complexity index is 749. The molecule has 0 radical (unpaired) electrons. The van der Waals surface area contributed by atoms with Gasteiger partial charge in [0.2, 0.25) is 0 Å². The molecule has 1 aromatic rings. The van der Waals surface area contributed by atoms with Crippen LogP contribution in [-0.4, -0.2) is 46.0 Å². The molecule has 1 aliphatic heterocycles. The zero-order valence-electron chi connectivity index (χ0n) is 13.1. The number of sulfone groups is 2. The van der Waals surface area contributed by atoms with E-state index in [1.807, 2.05) is 37.3 Å². The van der Waals surface area contributed by atoms with Crippen LogP contribution in [0.3, 0.4) is 0 Å². The van der Waals surface area contributed by atoms with Gasteiger partial charge in [-0.15, -0.1) is 0 Å². The maximum atomic E-state index is 11.9. The van der Waals surface area contributed by atoms with E-state index in [1.165, 1.54) is 0 Å². The average molecular weight is 358 g/mol. The molecule has 0 saturated carbocycles. The molecule has 23 heavy (non-hydrogen) atoms. The van der Waals surface area contributed by atoms with Gasteiger partial charge in [-0.1, -0.05) is 30.3 Å². The smallest absolute Gasteiger partial charge is 0.155 e. The molecule has 1 aliphatic rings. The summed E-state index contributed by atoms with van der Waals surface area (Å²) in [6.07, 6.45) is 2.49. The van der Waals surface area contributed by atoms with Crippen LogP contribution < -0.4 is 0 Å². The maximum Gasteiger partial charge on any atom is 0.155 e. The lowest BCUT2D eigenvalue weighted by molar-refractivity contribution is 0.243. The summed E-state index contributed by atoms with van der Waals surface area (Å²) in [5.74, 6) is -0.760. The lowest BCUT2D eigenvalue weighted by Crippen LogP contribution is -2.40. The van der Waals surface area contributed by atoms with Crippen molar-refractivity contribution >= 4 is 25.2 Å². The Morgan fingerprint density at radius 1 is 1.17 bits per heavy atom. The van der Waals surface area contributed by atoms with E-state index in [4.69, 9.17) is 4.74 Å². The van der Waals surface area contributed by atoms with E-state index < -0.39 is 24.9 Å². The third kappa shape index (κ3) is 5.35. The van der Waals surface area contributed by atoms with E-state index in [-0.39, 0.29) is 17.3 Å². The van der Waals surface area contributed by atoms with Gasteiger partial charge >= 0.3 is 0 Å². The standard InChI is InChI=1S/C16H22O5S2/c1-14(15-6-3-2-4-7-15)12-21-9-5-8-16-13-22(17,18)10-11-23(16,19)20/h2-4,6-7,12,16H,5,8-11,13H2,1H3/b14-12-. The molecule has 0 bridgehead atoms. The molecule has 0 aliphatic carbocycles. The molecule has 0 N–H and O–H groups in total. The lowest BCUT2D eigenvalue weighted by atomic mass is 10.1. The van der Waals surface area contributed by atoms with Gasteiger partial charge in [0.1, 0.15) is 0 Å². The predicted molar refractivity (Wildman–Crippen MR) is 91.5 cm³/mol. The second-order valence-corrected chi connectivity index (χ2v) is 10.4. The molecule has 0 spiro atoms. The normalized spacial score (nSPS) is 23.3. The second-order valence-electron chi connectivity index (χ2n) is 5.78. The van der Waals surface area contributed by atoms with Crippen molar-refractivity contribution in [1.82, 2.24) is 0 Å². The highest BCUT2D eigenvalue weighted by atomic mass is 32.2. The minimum Gasteiger partial charge on any atom is -0.501 e. The largest absolute Gasteiger partial charge is 0.501 e. The van der Waals surface area contributed by atoms with Gasteiger partial charge in [0, 0.05) is 0 Å². The van der Waals surface area contributed by atoms with Crippen LogP contribution in [0.1, 0.15) is 25.3 Å². The SMILES string of the molecule is C/C(=C/OCCCC1CS(=O)(=O)CCS1(=O)=O)c1ccccc1. The van der Waals surface area contributed by atoms with Crippen LogP contribution in [0.15, 0.2) is 36.6 Å². The zero-order valence-corrected chi connectivity index (χ0v) is 14.8. The number of rotatable bonds is 6. The van der Waals surface area contributed by atoms with Crippen molar-refractivity contribution in [2.45, 2.75) is 25.0 Å². The molecule has 1 fully saturated rings. The molecule has 7 heteroatoms. The maximum absolute atomic E-state index is 11.9. The molecule has 1 unspecified atom stereocenters. The highest BCUT2D eigenvalue weighted by Crippen LogP contribution is 2.19. The van der Waals surface area contributed by atoms with Crippen molar-refractivity contribution < 1.29 is 21.6 Å². The first-order chi connectivity index (χ1) is 10.8. The van der Waals surface area contributed by atoms with Gasteiger partial charge in [0.15, 0.2) is 19.7 Å². The fourth-order valence-corrected chi connectivity index (χ4v) is 7.65. The van der Waals surface area contributed by atoms with E-state index >= 15 is 0 Å². The Hall–Kier alpha value is -1.34. The third-order valence-electron chi connectivity index (χ3n) is 3.90. The molecule has 5 nitrogen and oxygen atoms in total. The van der Waals surface area contributed by atoms with Gasteiger partial charge in [-0.2, -0.15) is 0 Å². The summed E-state index contributed by atoms with van der Waals surface area (Å²) < 4.78 is 52.4. The van der Waals surface area contributed by atoms with Gasteiger partial charge < -0.3 is 4.74 Å². The van der Waals surface area contributed by atoms with Crippen molar-refractivity contribution in [2.24, 2.45) is 0 Å². The molecule has 2 rings (SSSR count). The van der Waals surface area contributed by atoms with E-state index in [9.17, 15) is 16.8 Å². The average Bonchev–Trinajstić information content (AvgIpc) is 2.51. The van der Waals surface area contributed by atoms with Crippen molar-refractivity contribution in [3.8, 4) is 0 Å². The first-order valence-corrected chi connectivity index (χ1v) is 11.1. The van der Waals surface area contributed by atoms with Crippen LogP contribution in [-0.2, 0) is 24.4 Å². The third-order valence-corrected chi connectivity index (χ3v) is 8.30. The minimum absolute atomic E-state index is 0.249.